The van der Waals surface area contributed by atoms with Gasteiger partial charge < -0.3 is 15.7 Å². The number of hydrogen-bond donors (Lipinski definition) is 3. The van der Waals surface area contributed by atoms with Crippen LogP contribution in [0.25, 0.3) is 0 Å². The van der Waals surface area contributed by atoms with E-state index in [-0.39, 0.29) is 11.4 Å². The second-order valence-corrected chi connectivity index (χ2v) is 6.03. The maximum atomic E-state index is 11.8. The Bertz CT molecular complexity index is 699. The Labute approximate surface area is 137 Å². The molecule has 0 bridgehead atoms. The van der Waals surface area contributed by atoms with Gasteiger partial charge >= 0.3 is 5.97 Å². The van der Waals surface area contributed by atoms with Crippen LogP contribution in [-0.2, 0) is 16.1 Å². The molecule has 2 aliphatic rings. The number of carboxylic acid groups (broad SMARTS) is 1. The third kappa shape index (κ3) is 3.16. The smallest absolute Gasteiger partial charge is 0.336 e. The number of amides is 1. The summed E-state index contributed by atoms with van der Waals surface area (Å²) < 4.78 is 0. The van der Waals surface area contributed by atoms with Crippen LogP contribution in [0.1, 0.15) is 24.8 Å². The Hall–Kier alpha value is -2.68. The molecule has 1 atom stereocenters. The molecule has 9 heteroatoms. The van der Waals surface area contributed by atoms with Gasteiger partial charge in [0.2, 0.25) is 6.04 Å². The fourth-order valence-electron chi connectivity index (χ4n) is 3.13. The molecule has 9 nitrogen and oxygen atoms in total. The first-order valence-corrected chi connectivity index (χ1v) is 7.79. The Morgan fingerprint density at radius 1 is 1.33 bits per heavy atom. The van der Waals surface area contributed by atoms with E-state index >= 15 is 0 Å². The molecule has 1 unspecified atom stereocenters. The van der Waals surface area contributed by atoms with Crippen LogP contribution < -0.4 is 10.6 Å². The van der Waals surface area contributed by atoms with Crippen LogP contribution in [0.3, 0.4) is 0 Å². The van der Waals surface area contributed by atoms with E-state index < -0.39 is 22.8 Å². The van der Waals surface area contributed by atoms with Gasteiger partial charge in [-0.1, -0.05) is 6.42 Å². The van der Waals surface area contributed by atoms with Crippen LogP contribution >= 0.6 is 0 Å². The van der Waals surface area contributed by atoms with Gasteiger partial charge in [0.1, 0.15) is 0 Å². The summed E-state index contributed by atoms with van der Waals surface area (Å²) in [6, 6.07) is 1.29. The average Bonchev–Trinajstić information content (AvgIpc) is 2.54. The molecule has 1 saturated heterocycles. The van der Waals surface area contributed by atoms with E-state index in [4.69, 9.17) is 5.11 Å². The summed E-state index contributed by atoms with van der Waals surface area (Å²) in [5.74, 6) is -2.03. The van der Waals surface area contributed by atoms with Crippen molar-refractivity contribution in [1.29, 1.82) is 0 Å². The van der Waals surface area contributed by atoms with E-state index in [0.29, 0.717) is 17.8 Å². The molecule has 1 aromatic rings. The maximum absolute atomic E-state index is 11.8. The normalized spacial score (nSPS) is 20.7. The Kier molecular flexibility index (Phi) is 4.34. The van der Waals surface area contributed by atoms with E-state index in [1.54, 1.807) is 0 Å². The maximum Gasteiger partial charge on any atom is 0.336 e. The first kappa shape index (κ1) is 16.2. The second kappa shape index (κ2) is 6.44. The number of hydrogen-bond acceptors (Lipinski definition) is 6. The van der Waals surface area contributed by atoms with Crippen LogP contribution in [0.15, 0.2) is 12.1 Å². The van der Waals surface area contributed by atoms with E-state index in [1.165, 1.54) is 18.6 Å². The molecule has 0 aromatic heterocycles. The number of aliphatic carboxylic acids is 1. The number of anilines is 2. The summed E-state index contributed by atoms with van der Waals surface area (Å²) in [4.78, 5) is 35.9. The fourth-order valence-corrected chi connectivity index (χ4v) is 3.13. The number of piperidine rings is 1. The van der Waals surface area contributed by atoms with Crippen LogP contribution in [0.4, 0.5) is 17.1 Å². The minimum Gasteiger partial charge on any atom is -0.479 e. The lowest BCUT2D eigenvalue weighted by atomic mass is 10.0. The van der Waals surface area contributed by atoms with E-state index in [2.05, 4.69) is 15.5 Å². The number of nitrogens with zero attached hydrogens (tertiary/aromatic N) is 2. The molecule has 128 valence electrons. The van der Waals surface area contributed by atoms with Gasteiger partial charge in [-0.15, -0.1) is 0 Å². The van der Waals surface area contributed by atoms with Crippen molar-refractivity contribution in [1.82, 2.24) is 4.90 Å². The summed E-state index contributed by atoms with van der Waals surface area (Å²) in [5, 5.41) is 25.5. The van der Waals surface area contributed by atoms with Crippen LogP contribution in [0, 0.1) is 10.1 Å². The van der Waals surface area contributed by atoms with Crippen molar-refractivity contribution in [3.8, 4) is 0 Å². The van der Waals surface area contributed by atoms with Crippen molar-refractivity contribution in [2.75, 3.05) is 23.7 Å². The number of rotatable bonds is 4. The van der Waals surface area contributed by atoms with Crippen molar-refractivity contribution < 1.29 is 19.6 Å². The number of carbonyl (C=O) groups is 2. The standard InChI is InChI=1S/C15H18N4O5/c20-14-13(15(21)22)17-12-9(8-18-4-2-1-3-5-18)6-10(19(23)24)7-11(12)16-14/h6-7,13,17H,1-5,8H2,(H,16,20)(H,21,22). The number of carbonyl (C=O) groups excluding carboxylic acids is 1. The predicted molar refractivity (Wildman–Crippen MR) is 85.9 cm³/mol. The third-order valence-electron chi connectivity index (χ3n) is 4.31. The Morgan fingerprint density at radius 3 is 2.67 bits per heavy atom. The summed E-state index contributed by atoms with van der Waals surface area (Å²) in [6.45, 7) is 2.26. The molecule has 2 heterocycles. The van der Waals surface area contributed by atoms with Gasteiger partial charge in [-0.25, -0.2) is 4.79 Å². The summed E-state index contributed by atoms with van der Waals surface area (Å²) in [6.07, 6.45) is 3.30. The number of benzene rings is 1. The number of carboxylic acids is 1. The minimum absolute atomic E-state index is 0.128. The van der Waals surface area contributed by atoms with Crippen LogP contribution in [0.2, 0.25) is 0 Å². The molecule has 3 rings (SSSR count). The molecule has 0 spiro atoms. The van der Waals surface area contributed by atoms with Gasteiger partial charge in [-0.05, 0) is 31.5 Å². The van der Waals surface area contributed by atoms with Gasteiger partial charge in [-0.2, -0.15) is 0 Å². The first-order chi connectivity index (χ1) is 11.5. The van der Waals surface area contributed by atoms with Crippen LogP contribution in [0.5, 0.6) is 0 Å². The largest absolute Gasteiger partial charge is 0.479 e. The highest BCUT2D eigenvalue weighted by Crippen LogP contribution is 2.36. The summed E-state index contributed by atoms with van der Waals surface area (Å²) in [7, 11) is 0. The zero-order chi connectivity index (χ0) is 17.3. The third-order valence-corrected chi connectivity index (χ3v) is 4.31. The van der Waals surface area contributed by atoms with Gasteiger partial charge in [0.05, 0.1) is 16.3 Å². The molecule has 0 radical (unpaired) electrons. The zero-order valence-electron chi connectivity index (χ0n) is 12.9. The minimum atomic E-state index is -1.40. The fraction of sp³-hybridized carbons (Fsp3) is 0.467. The quantitative estimate of drug-likeness (QED) is 0.432. The van der Waals surface area contributed by atoms with Gasteiger partial charge in [-0.3, -0.25) is 19.8 Å². The predicted octanol–water partition coefficient (Wildman–Crippen LogP) is 1.40. The molecule has 0 aliphatic carbocycles. The average molecular weight is 334 g/mol. The molecule has 1 amide bonds. The summed E-state index contributed by atoms with van der Waals surface area (Å²) in [5.41, 5.74) is 1.18. The highest BCUT2D eigenvalue weighted by atomic mass is 16.6. The van der Waals surface area contributed by atoms with Crippen molar-refractivity contribution in [3.63, 3.8) is 0 Å². The number of non-ortho nitro benzene ring substituents is 1. The molecule has 2 aliphatic heterocycles. The SMILES string of the molecule is O=C(O)C1Nc2c(CN3CCCCC3)cc([N+](=O)[O-])cc2NC1=O. The monoisotopic (exact) mass is 334 g/mol. The lowest BCUT2D eigenvalue weighted by Crippen LogP contribution is -2.45. The lowest BCUT2D eigenvalue weighted by Gasteiger charge is -2.30. The number of likely N-dealkylation sites (tertiary alicyclic amines) is 1. The molecule has 3 N–H and O–H groups in total. The first-order valence-electron chi connectivity index (χ1n) is 7.79. The van der Waals surface area contributed by atoms with E-state index in [1.807, 2.05) is 0 Å². The summed E-state index contributed by atoms with van der Waals surface area (Å²) >= 11 is 0. The highest BCUT2D eigenvalue weighted by molar-refractivity contribution is 6.14. The van der Waals surface area contributed by atoms with E-state index in [9.17, 15) is 19.7 Å². The van der Waals surface area contributed by atoms with Crippen molar-refractivity contribution in [3.05, 3.63) is 27.8 Å². The van der Waals surface area contributed by atoms with E-state index in [0.717, 1.165) is 25.9 Å². The Balaban J connectivity index is 1.98. The zero-order valence-corrected chi connectivity index (χ0v) is 12.9. The molecular formula is C15H18N4O5. The molecule has 1 fully saturated rings. The number of fused-ring (bicyclic) bond motifs is 1. The number of nitro benzene ring substituents is 1. The van der Waals surface area contributed by atoms with Gasteiger partial charge in [0.15, 0.2) is 0 Å². The van der Waals surface area contributed by atoms with Gasteiger partial charge in [0, 0.05) is 18.7 Å². The highest BCUT2D eigenvalue weighted by Gasteiger charge is 2.34. The second-order valence-electron chi connectivity index (χ2n) is 6.03. The topological polar surface area (TPSA) is 125 Å². The van der Waals surface area contributed by atoms with Crippen molar-refractivity contribution >= 4 is 28.9 Å². The van der Waals surface area contributed by atoms with Crippen molar-refractivity contribution in [2.24, 2.45) is 0 Å². The van der Waals surface area contributed by atoms with Crippen LogP contribution in [-0.4, -0.2) is 45.9 Å². The molecule has 0 saturated carbocycles. The molecule has 24 heavy (non-hydrogen) atoms. The molecule has 1 aromatic carbocycles. The van der Waals surface area contributed by atoms with Crippen molar-refractivity contribution in [2.45, 2.75) is 31.8 Å². The lowest BCUT2D eigenvalue weighted by molar-refractivity contribution is -0.384. The number of nitrogens with one attached hydrogen (secondary N) is 2. The number of nitro groups is 1. The molecular weight excluding hydrogens is 316 g/mol. The van der Waals surface area contributed by atoms with Gasteiger partial charge in [0.25, 0.3) is 11.6 Å². The Morgan fingerprint density at radius 2 is 2.04 bits per heavy atom.